The first kappa shape index (κ1) is 18.7. The number of amides is 2. The highest BCUT2D eigenvalue weighted by molar-refractivity contribution is 5.74. The van der Waals surface area contributed by atoms with Crippen molar-refractivity contribution in [1.29, 1.82) is 0 Å². The summed E-state index contributed by atoms with van der Waals surface area (Å²) in [5, 5.41) is 1.27. The van der Waals surface area contributed by atoms with Gasteiger partial charge in [-0.1, -0.05) is 0 Å². The van der Waals surface area contributed by atoms with Crippen LogP contribution in [0.2, 0.25) is 0 Å². The van der Waals surface area contributed by atoms with Crippen LogP contribution in [0, 0.1) is 5.92 Å². The van der Waals surface area contributed by atoms with Gasteiger partial charge >= 0.3 is 6.09 Å². The first-order chi connectivity index (χ1) is 10.2. The van der Waals surface area contributed by atoms with Crippen LogP contribution in [0.1, 0.15) is 52.9 Å². The van der Waals surface area contributed by atoms with Crippen molar-refractivity contribution >= 4 is 12.0 Å². The fourth-order valence-electron chi connectivity index (χ4n) is 2.53. The summed E-state index contributed by atoms with van der Waals surface area (Å²) >= 11 is 0. The minimum Gasteiger partial charge on any atom is -0.444 e. The van der Waals surface area contributed by atoms with Gasteiger partial charge in [0.15, 0.2) is 0 Å². The van der Waals surface area contributed by atoms with Crippen LogP contribution in [0.5, 0.6) is 0 Å². The predicted molar refractivity (Wildman–Crippen MR) is 84.2 cm³/mol. The molecule has 0 unspecified atom stereocenters. The molecule has 0 aliphatic carbocycles. The smallest absolute Gasteiger partial charge is 0.410 e. The zero-order valence-electron chi connectivity index (χ0n) is 14.6. The Balaban J connectivity index is 2.23. The number of nitrogens with zero attached hydrogens (tertiary/aromatic N) is 2. The Labute approximate surface area is 133 Å². The maximum absolute atomic E-state index is 12.0. The third kappa shape index (κ3) is 6.64. The second-order valence-corrected chi connectivity index (χ2v) is 6.88. The Morgan fingerprint density at radius 2 is 1.82 bits per heavy atom. The lowest BCUT2D eigenvalue weighted by Crippen LogP contribution is -2.41. The van der Waals surface area contributed by atoms with E-state index in [0.717, 1.165) is 38.8 Å². The number of rotatable bonds is 5. The highest BCUT2D eigenvalue weighted by Crippen LogP contribution is 2.24. The van der Waals surface area contributed by atoms with Gasteiger partial charge in [0.2, 0.25) is 5.91 Å². The van der Waals surface area contributed by atoms with Gasteiger partial charge in [0, 0.05) is 26.6 Å². The van der Waals surface area contributed by atoms with Gasteiger partial charge in [-0.2, -0.15) is 0 Å². The molecule has 0 N–H and O–H groups in total. The predicted octanol–water partition coefficient (Wildman–Crippen LogP) is 2.82. The maximum Gasteiger partial charge on any atom is 0.410 e. The highest BCUT2D eigenvalue weighted by Gasteiger charge is 2.26. The number of likely N-dealkylation sites (tertiary alicyclic amines) is 1. The number of carbonyl (C=O) groups is 2. The molecule has 1 aliphatic rings. The molecule has 1 fully saturated rings. The zero-order valence-corrected chi connectivity index (χ0v) is 14.6. The van der Waals surface area contributed by atoms with Crippen LogP contribution < -0.4 is 0 Å². The number of hydrogen-bond donors (Lipinski definition) is 0. The van der Waals surface area contributed by atoms with Crippen molar-refractivity contribution in [2.75, 3.05) is 27.2 Å². The first-order valence-corrected chi connectivity index (χ1v) is 8.01. The van der Waals surface area contributed by atoms with Crippen LogP contribution in [0.4, 0.5) is 4.79 Å². The molecule has 22 heavy (non-hydrogen) atoms. The molecule has 6 heteroatoms. The molecule has 0 atom stereocenters. The Morgan fingerprint density at radius 3 is 2.32 bits per heavy atom. The minimum atomic E-state index is -0.443. The molecule has 1 saturated heterocycles. The second kappa shape index (κ2) is 8.36. The van der Waals surface area contributed by atoms with Gasteiger partial charge in [-0.25, -0.2) is 9.86 Å². The molecule has 1 heterocycles. The summed E-state index contributed by atoms with van der Waals surface area (Å²) in [7, 11) is 3.12. The summed E-state index contributed by atoms with van der Waals surface area (Å²) in [6.07, 6.45) is 4.13. The fraction of sp³-hybridized carbons (Fsp3) is 0.875. The molecular formula is C16H30N2O4. The third-order valence-corrected chi connectivity index (χ3v) is 3.89. The van der Waals surface area contributed by atoms with Gasteiger partial charge < -0.3 is 9.64 Å². The van der Waals surface area contributed by atoms with Crippen molar-refractivity contribution in [1.82, 2.24) is 9.96 Å². The second-order valence-electron chi connectivity index (χ2n) is 6.88. The van der Waals surface area contributed by atoms with E-state index in [4.69, 9.17) is 9.57 Å². The normalized spacial score (nSPS) is 16.5. The Bertz CT molecular complexity index is 371. The van der Waals surface area contributed by atoms with E-state index in [-0.39, 0.29) is 12.0 Å². The monoisotopic (exact) mass is 314 g/mol. The van der Waals surface area contributed by atoms with Gasteiger partial charge in [-0.3, -0.25) is 9.63 Å². The third-order valence-electron chi connectivity index (χ3n) is 3.89. The van der Waals surface area contributed by atoms with E-state index in [1.54, 1.807) is 11.9 Å². The van der Waals surface area contributed by atoms with E-state index in [9.17, 15) is 9.59 Å². The molecule has 0 bridgehead atoms. The van der Waals surface area contributed by atoms with Gasteiger partial charge in [0.1, 0.15) is 5.60 Å². The van der Waals surface area contributed by atoms with Crippen molar-refractivity contribution < 1.29 is 19.2 Å². The van der Waals surface area contributed by atoms with Crippen molar-refractivity contribution in [3.8, 4) is 0 Å². The number of hydroxylamine groups is 2. The molecule has 128 valence electrons. The lowest BCUT2D eigenvalue weighted by atomic mass is 9.91. The lowest BCUT2D eigenvalue weighted by Gasteiger charge is -2.33. The molecule has 6 nitrogen and oxygen atoms in total. The van der Waals surface area contributed by atoms with E-state index in [2.05, 4.69) is 0 Å². The van der Waals surface area contributed by atoms with E-state index < -0.39 is 5.60 Å². The van der Waals surface area contributed by atoms with E-state index in [1.165, 1.54) is 12.2 Å². The average Bonchev–Trinajstić information content (AvgIpc) is 2.45. The van der Waals surface area contributed by atoms with Crippen LogP contribution in [0.25, 0.3) is 0 Å². The van der Waals surface area contributed by atoms with Gasteiger partial charge in [-0.05, 0) is 52.4 Å². The molecule has 2 amide bonds. The van der Waals surface area contributed by atoms with Crippen LogP contribution in [-0.2, 0) is 14.4 Å². The van der Waals surface area contributed by atoms with Crippen molar-refractivity contribution in [2.45, 2.75) is 58.5 Å². The SMILES string of the molecule is CON(C)C(=O)CCCC1CCN(C(=O)OC(C)(C)C)CC1. The molecule has 0 aromatic heterocycles. The number of ether oxygens (including phenoxy) is 1. The van der Waals surface area contributed by atoms with E-state index in [1.807, 2.05) is 20.8 Å². The summed E-state index contributed by atoms with van der Waals surface area (Å²) in [4.78, 5) is 30.2. The van der Waals surface area contributed by atoms with Gasteiger partial charge in [0.25, 0.3) is 0 Å². The van der Waals surface area contributed by atoms with Gasteiger partial charge in [0.05, 0.1) is 7.11 Å². The average molecular weight is 314 g/mol. The van der Waals surface area contributed by atoms with Crippen LogP contribution in [-0.4, -0.2) is 54.8 Å². The van der Waals surface area contributed by atoms with Crippen LogP contribution in [0.15, 0.2) is 0 Å². The molecule has 0 aromatic carbocycles. The molecule has 0 aromatic rings. The molecule has 0 radical (unpaired) electrons. The maximum atomic E-state index is 12.0. The topological polar surface area (TPSA) is 59.1 Å². The molecule has 1 rings (SSSR count). The summed E-state index contributed by atoms with van der Waals surface area (Å²) in [5.41, 5.74) is -0.443. The van der Waals surface area contributed by atoms with Crippen molar-refractivity contribution in [3.63, 3.8) is 0 Å². The van der Waals surface area contributed by atoms with E-state index >= 15 is 0 Å². The van der Waals surface area contributed by atoms with Crippen molar-refractivity contribution in [3.05, 3.63) is 0 Å². The quantitative estimate of drug-likeness (QED) is 0.732. The summed E-state index contributed by atoms with van der Waals surface area (Å²) in [5.74, 6) is 0.591. The lowest BCUT2D eigenvalue weighted by molar-refractivity contribution is -0.168. The number of hydrogen-bond acceptors (Lipinski definition) is 4. The van der Waals surface area contributed by atoms with E-state index in [0.29, 0.717) is 12.3 Å². The standard InChI is InChI=1S/C16H30N2O4/c1-16(2,3)22-15(20)18-11-9-13(10-12-18)7-6-8-14(19)17(4)21-5/h13H,6-12H2,1-5H3. The summed E-state index contributed by atoms with van der Waals surface area (Å²) in [6.45, 7) is 7.13. The molecule has 1 aliphatic heterocycles. The van der Waals surface area contributed by atoms with Gasteiger partial charge in [-0.15, -0.1) is 0 Å². The van der Waals surface area contributed by atoms with Crippen LogP contribution >= 0.6 is 0 Å². The Hall–Kier alpha value is -1.30. The van der Waals surface area contributed by atoms with Crippen LogP contribution in [0.3, 0.4) is 0 Å². The largest absolute Gasteiger partial charge is 0.444 e. The molecular weight excluding hydrogens is 284 g/mol. The summed E-state index contributed by atoms with van der Waals surface area (Å²) < 4.78 is 5.39. The first-order valence-electron chi connectivity index (χ1n) is 8.01. The highest BCUT2D eigenvalue weighted by atomic mass is 16.7. The zero-order chi connectivity index (χ0) is 16.8. The summed E-state index contributed by atoms with van der Waals surface area (Å²) in [6, 6.07) is 0. The number of piperidine rings is 1. The number of carbonyl (C=O) groups excluding carboxylic acids is 2. The molecule has 0 spiro atoms. The molecule has 0 saturated carbocycles. The Morgan fingerprint density at radius 1 is 1.23 bits per heavy atom. The Kier molecular flexibility index (Phi) is 7.13. The van der Waals surface area contributed by atoms with Crippen molar-refractivity contribution in [2.24, 2.45) is 5.92 Å². The fourth-order valence-corrected chi connectivity index (χ4v) is 2.53. The minimum absolute atomic E-state index is 0.00805.